The van der Waals surface area contributed by atoms with Crippen molar-refractivity contribution in [1.29, 1.82) is 0 Å². The highest BCUT2D eigenvalue weighted by molar-refractivity contribution is 6.42. The number of rotatable bonds is 7. The number of amides is 2. The number of aliphatic hydroxyl groups excluding tert-OH is 1. The first-order chi connectivity index (χ1) is 14.4. The minimum absolute atomic E-state index is 0.107. The first-order valence-corrected chi connectivity index (χ1v) is 11.3. The quantitative estimate of drug-likeness (QED) is 0.509. The van der Waals surface area contributed by atoms with Gasteiger partial charge in [-0.05, 0) is 49.6 Å². The molecule has 2 aliphatic heterocycles. The molecule has 30 heavy (non-hydrogen) atoms. The second-order valence-electron chi connectivity index (χ2n) is 7.91. The van der Waals surface area contributed by atoms with Crippen LogP contribution >= 0.6 is 23.2 Å². The van der Waals surface area contributed by atoms with Gasteiger partial charge in [-0.1, -0.05) is 29.3 Å². The van der Waals surface area contributed by atoms with E-state index in [0.29, 0.717) is 36.1 Å². The second kappa shape index (κ2) is 11.1. The minimum atomic E-state index is -0.188. The lowest BCUT2D eigenvalue weighted by Gasteiger charge is -2.22. The van der Waals surface area contributed by atoms with E-state index in [2.05, 4.69) is 4.90 Å². The van der Waals surface area contributed by atoms with Gasteiger partial charge in [0.2, 0.25) is 11.8 Å². The van der Waals surface area contributed by atoms with Crippen molar-refractivity contribution in [3.05, 3.63) is 39.9 Å². The molecule has 1 aromatic rings. The fraction of sp³-hybridized carbons (Fsp3) is 0.545. The fourth-order valence-electron chi connectivity index (χ4n) is 3.87. The Morgan fingerprint density at radius 2 is 1.90 bits per heavy atom. The zero-order valence-electron chi connectivity index (χ0n) is 17.1. The van der Waals surface area contributed by atoms with Crippen molar-refractivity contribution in [2.45, 2.75) is 31.8 Å². The normalized spacial score (nSPS) is 20.9. The van der Waals surface area contributed by atoms with Gasteiger partial charge in [-0.15, -0.1) is 0 Å². The summed E-state index contributed by atoms with van der Waals surface area (Å²) in [5.74, 6) is -0.00123. The number of likely N-dealkylation sites (tertiary alicyclic amines) is 1. The van der Waals surface area contributed by atoms with E-state index in [-0.39, 0.29) is 17.9 Å². The van der Waals surface area contributed by atoms with Crippen molar-refractivity contribution < 1.29 is 14.7 Å². The van der Waals surface area contributed by atoms with E-state index < -0.39 is 0 Å². The number of benzene rings is 1. The van der Waals surface area contributed by atoms with Crippen LogP contribution in [0.1, 0.15) is 31.2 Å². The molecule has 164 valence electrons. The van der Waals surface area contributed by atoms with Crippen LogP contribution in [0.5, 0.6) is 0 Å². The average Bonchev–Trinajstić information content (AvgIpc) is 3.05. The fourth-order valence-corrected chi connectivity index (χ4v) is 4.17. The Bertz CT molecular complexity index is 787. The lowest BCUT2D eigenvalue weighted by atomic mass is 10.2. The van der Waals surface area contributed by atoms with E-state index in [4.69, 9.17) is 23.2 Å². The maximum atomic E-state index is 12.5. The van der Waals surface area contributed by atoms with Crippen LogP contribution in [0.2, 0.25) is 10.0 Å². The molecule has 1 atom stereocenters. The van der Waals surface area contributed by atoms with Crippen LogP contribution in [0.4, 0.5) is 0 Å². The molecule has 2 fully saturated rings. The SMILES string of the molecule is O=C(C=Cc1ccc(Cl)c(Cl)c1)N1CCC(=O)N(CCCCN2CCC(O)C2)CC1. The maximum absolute atomic E-state index is 12.5. The van der Waals surface area contributed by atoms with Gasteiger partial charge in [0.05, 0.1) is 16.1 Å². The minimum Gasteiger partial charge on any atom is -0.392 e. The summed E-state index contributed by atoms with van der Waals surface area (Å²) in [4.78, 5) is 30.8. The molecule has 0 bridgehead atoms. The predicted molar refractivity (Wildman–Crippen MR) is 120 cm³/mol. The van der Waals surface area contributed by atoms with Gasteiger partial charge in [0.1, 0.15) is 0 Å². The molecule has 2 heterocycles. The van der Waals surface area contributed by atoms with E-state index in [1.54, 1.807) is 29.2 Å². The monoisotopic (exact) mass is 453 g/mol. The first-order valence-electron chi connectivity index (χ1n) is 10.5. The molecule has 2 aliphatic rings. The van der Waals surface area contributed by atoms with Gasteiger partial charge in [-0.3, -0.25) is 9.59 Å². The maximum Gasteiger partial charge on any atom is 0.246 e. The van der Waals surface area contributed by atoms with Gasteiger partial charge in [0, 0.05) is 51.8 Å². The summed E-state index contributed by atoms with van der Waals surface area (Å²) < 4.78 is 0. The molecule has 0 aliphatic carbocycles. The molecular formula is C22H29Cl2N3O3. The van der Waals surface area contributed by atoms with Crippen molar-refractivity contribution in [1.82, 2.24) is 14.7 Å². The Hall–Kier alpha value is -1.60. The van der Waals surface area contributed by atoms with Crippen LogP contribution < -0.4 is 0 Å². The molecule has 8 heteroatoms. The summed E-state index contributed by atoms with van der Waals surface area (Å²) in [6, 6.07) is 5.21. The summed E-state index contributed by atoms with van der Waals surface area (Å²) in [5.41, 5.74) is 0.802. The van der Waals surface area contributed by atoms with Crippen molar-refractivity contribution in [2.24, 2.45) is 0 Å². The number of carbonyl (C=O) groups is 2. The molecule has 3 rings (SSSR count). The van der Waals surface area contributed by atoms with Gasteiger partial charge in [-0.2, -0.15) is 0 Å². The van der Waals surface area contributed by atoms with E-state index >= 15 is 0 Å². The zero-order chi connectivity index (χ0) is 21.5. The molecule has 1 aromatic carbocycles. The molecule has 1 N–H and O–H groups in total. The molecule has 2 amide bonds. The number of halogens is 2. The average molecular weight is 454 g/mol. The van der Waals surface area contributed by atoms with E-state index in [9.17, 15) is 14.7 Å². The number of β-amino-alcohol motifs (C(OH)–C–C–N with tert-alkyl or cyclic N) is 1. The van der Waals surface area contributed by atoms with Gasteiger partial charge in [0.25, 0.3) is 0 Å². The van der Waals surface area contributed by atoms with Crippen LogP contribution in [-0.2, 0) is 9.59 Å². The lowest BCUT2D eigenvalue weighted by molar-refractivity contribution is -0.130. The Morgan fingerprint density at radius 3 is 2.63 bits per heavy atom. The Balaban J connectivity index is 1.43. The number of aliphatic hydroxyl groups is 1. The van der Waals surface area contributed by atoms with Crippen molar-refractivity contribution >= 4 is 41.1 Å². The second-order valence-corrected chi connectivity index (χ2v) is 8.73. The third-order valence-electron chi connectivity index (χ3n) is 5.66. The van der Waals surface area contributed by atoms with E-state index in [0.717, 1.165) is 51.0 Å². The van der Waals surface area contributed by atoms with Crippen molar-refractivity contribution in [3.63, 3.8) is 0 Å². The van der Waals surface area contributed by atoms with Gasteiger partial charge in [0.15, 0.2) is 0 Å². The lowest BCUT2D eigenvalue weighted by Crippen LogP contribution is -2.35. The Labute approximate surface area is 188 Å². The van der Waals surface area contributed by atoms with Crippen LogP contribution in [-0.4, -0.2) is 83.5 Å². The molecule has 1 unspecified atom stereocenters. The standard InChI is InChI=1S/C22H29Cl2N3O3/c23-19-5-3-17(15-20(19)24)4-6-21(29)27-12-8-22(30)26(13-14-27)10-2-1-9-25-11-7-18(28)16-25/h3-6,15,18,28H,1-2,7-14,16H2. The van der Waals surface area contributed by atoms with Crippen LogP contribution in [0, 0.1) is 0 Å². The van der Waals surface area contributed by atoms with Gasteiger partial charge >= 0.3 is 0 Å². The summed E-state index contributed by atoms with van der Waals surface area (Å²) in [7, 11) is 0. The highest BCUT2D eigenvalue weighted by atomic mass is 35.5. The molecular weight excluding hydrogens is 425 g/mol. The molecule has 0 spiro atoms. The Kier molecular flexibility index (Phi) is 8.57. The third kappa shape index (κ3) is 6.71. The highest BCUT2D eigenvalue weighted by Gasteiger charge is 2.23. The molecule has 0 saturated carbocycles. The van der Waals surface area contributed by atoms with Crippen LogP contribution in [0.15, 0.2) is 24.3 Å². The number of hydrogen-bond acceptors (Lipinski definition) is 4. The van der Waals surface area contributed by atoms with Crippen LogP contribution in [0.25, 0.3) is 6.08 Å². The number of carbonyl (C=O) groups excluding carboxylic acids is 2. The summed E-state index contributed by atoms with van der Waals surface area (Å²) in [6.45, 7) is 4.93. The third-order valence-corrected chi connectivity index (χ3v) is 6.40. The molecule has 0 aromatic heterocycles. The summed E-state index contributed by atoms with van der Waals surface area (Å²) in [5, 5.41) is 10.5. The number of unbranched alkanes of at least 4 members (excludes halogenated alkanes) is 1. The molecule has 2 saturated heterocycles. The van der Waals surface area contributed by atoms with E-state index in [1.165, 1.54) is 6.08 Å². The van der Waals surface area contributed by atoms with Crippen molar-refractivity contribution in [2.75, 3.05) is 45.8 Å². The van der Waals surface area contributed by atoms with Gasteiger partial charge in [-0.25, -0.2) is 0 Å². The van der Waals surface area contributed by atoms with Crippen molar-refractivity contribution in [3.8, 4) is 0 Å². The van der Waals surface area contributed by atoms with Crippen LogP contribution in [0.3, 0.4) is 0 Å². The Morgan fingerprint density at radius 1 is 1.10 bits per heavy atom. The van der Waals surface area contributed by atoms with Gasteiger partial charge < -0.3 is 19.8 Å². The number of nitrogens with zero attached hydrogens (tertiary/aromatic N) is 3. The largest absolute Gasteiger partial charge is 0.392 e. The van der Waals surface area contributed by atoms with E-state index in [1.807, 2.05) is 4.90 Å². The topological polar surface area (TPSA) is 64.1 Å². The zero-order valence-corrected chi connectivity index (χ0v) is 18.6. The summed E-state index contributed by atoms with van der Waals surface area (Å²) >= 11 is 11.9. The summed E-state index contributed by atoms with van der Waals surface area (Å²) in [6.07, 6.45) is 6.19. The first kappa shape index (κ1) is 23.1. The number of hydrogen-bond donors (Lipinski definition) is 1. The predicted octanol–water partition coefficient (Wildman–Crippen LogP) is 2.91. The highest BCUT2D eigenvalue weighted by Crippen LogP contribution is 2.23. The molecule has 0 radical (unpaired) electrons. The smallest absolute Gasteiger partial charge is 0.246 e. The molecule has 6 nitrogen and oxygen atoms in total.